The molecule has 0 amide bonds. The molecular weight excluding hydrogens is 250 g/mol. The van der Waals surface area contributed by atoms with Crippen molar-refractivity contribution in [1.29, 1.82) is 0 Å². The van der Waals surface area contributed by atoms with Crippen molar-refractivity contribution < 1.29 is 9.90 Å². The predicted molar refractivity (Wildman–Crippen MR) is 72.0 cm³/mol. The standard InChI is InChI=1S/C12H21N3O2S/c1-5-6-7-9-13-14-11(18-8-10(16)17)15(9)12(2,3)4/h5-8H2,1-4H3,(H,16,17). The molecule has 0 atom stereocenters. The van der Waals surface area contributed by atoms with E-state index in [-0.39, 0.29) is 11.3 Å². The van der Waals surface area contributed by atoms with Gasteiger partial charge in [0.15, 0.2) is 5.16 Å². The van der Waals surface area contributed by atoms with E-state index in [1.807, 2.05) is 0 Å². The van der Waals surface area contributed by atoms with Gasteiger partial charge in [-0.3, -0.25) is 4.79 Å². The molecule has 102 valence electrons. The van der Waals surface area contributed by atoms with Crippen LogP contribution in [0, 0.1) is 0 Å². The van der Waals surface area contributed by atoms with Crippen LogP contribution in [-0.2, 0) is 16.8 Å². The minimum Gasteiger partial charge on any atom is -0.481 e. The maximum Gasteiger partial charge on any atom is 0.313 e. The second-order valence-corrected chi connectivity index (χ2v) is 6.13. The number of carboxylic acid groups (broad SMARTS) is 1. The van der Waals surface area contributed by atoms with Crippen molar-refractivity contribution in [1.82, 2.24) is 14.8 Å². The van der Waals surface area contributed by atoms with Gasteiger partial charge in [0.05, 0.1) is 5.75 Å². The monoisotopic (exact) mass is 271 g/mol. The van der Waals surface area contributed by atoms with E-state index in [1.165, 1.54) is 11.8 Å². The molecule has 1 aromatic heterocycles. The third-order valence-electron chi connectivity index (χ3n) is 2.45. The molecule has 0 fully saturated rings. The van der Waals surface area contributed by atoms with Crippen molar-refractivity contribution in [2.45, 2.75) is 57.7 Å². The van der Waals surface area contributed by atoms with Gasteiger partial charge in [0.2, 0.25) is 0 Å². The molecule has 0 aliphatic carbocycles. The fourth-order valence-electron chi connectivity index (χ4n) is 1.69. The average Bonchev–Trinajstić information content (AvgIpc) is 2.66. The summed E-state index contributed by atoms with van der Waals surface area (Å²) >= 11 is 1.23. The molecule has 0 bridgehead atoms. The van der Waals surface area contributed by atoms with Crippen LogP contribution < -0.4 is 0 Å². The summed E-state index contributed by atoms with van der Waals surface area (Å²) in [6, 6.07) is 0. The largest absolute Gasteiger partial charge is 0.481 e. The molecule has 0 radical (unpaired) electrons. The molecule has 1 aromatic rings. The first-order valence-corrected chi connectivity index (χ1v) is 7.14. The Morgan fingerprint density at radius 2 is 2.06 bits per heavy atom. The Kier molecular flexibility index (Phi) is 5.19. The van der Waals surface area contributed by atoms with Gasteiger partial charge in [-0.15, -0.1) is 10.2 Å². The van der Waals surface area contributed by atoms with E-state index in [0.29, 0.717) is 5.16 Å². The lowest BCUT2D eigenvalue weighted by molar-refractivity contribution is -0.133. The second-order valence-electron chi connectivity index (χ2n) is 5.19. The lowest BCUT2D eigenvalue weighted by Crippen LogP contribution is -2.25. The molecule has 18 heavy (non-hydrogen) atoms. The quantitative estimate of drug-likeness (QED) is 0.805. The summed E-state index contributed by atoms with van der Waals surface area (Å²) < 4.78 is 2.05. The number of hydrogen-bond donors (Lipinski definition) is 1. The molecular formula is C12H21N3O2S. The highest BCUT2D eigenvalue weighted by atomic mass is 32.2. The van der Waals surface area contributed by atoms with Gasteiger partial charge in [-0.05, 0) is 27.2 Å². The number of unbranched alkanes of at least 4 members (excludes halogenated alkanes) is 1. The van der Waals surface area contributed by atoms with Gasteiger partial charge < -0.3 is 9.67 Å². The molecule has 1 N–H and O–H groups in total. The first-order valence-electron chi connectivity index (χ1n) is 6.15. The number of nitrogens with zero attached hydrogens (tertiary/aromatic N) is 3. The summed E-state index contributed by atoms with van der Waals surface area (Å²) in [5.41, 5.74) is -0.132. The summed E-state index contributed by atoms with van der Waals surface area (Å²) in [6.07, 6.45) is 3.06. The molecule has 0 saturated heterocycles. The normalized spacial score (nSPS) is 11.8. The van der Waals surface area contributed by atoms with Gasteiger partial charge in [-0.1, -0.05) is 25.1 Å². The topological polar surface area (TPSA) is 68.0 Å². The number of carboxylic acids is 1. The fraction of sp³-hybridized carbons (Fsp3) is 0.750. The highest BCUT2D eigenvalue weighted by Crippen LogP contribution is 2.26. The minimum absolute atomic E-state index is 0.0159. The first-order chi connectivity index (χ1) is 8.36. The first kappa shape index (κ1) is 15.0. The van der Waals surface area contributed by atoms with Crippen molar-refractivity contribution in [3.8, 4) is 0 Å². The van der Waals surface area contributed by atoms with Gasteiger partial charge in [0.25, 0.3) is 0 Å². The van der Waals surface area contributed by atoms with Crippen molar-refractivity contribution in [3.63, 3.8) is 0 Å². The number of aryl methyl sites for hydroxylation is 1. The van der Waals surface area contributed by atoms with E-state index in [4.69, 9.17) is 5.11 Å². The van der Waals surface area contributed by atoms with Gasteiger partial charge in [0.1, 0.15) is 5.82 Å². The number of hydrogen-bond acceptors (Lipinski definition) is 4. The second kappa shape index (κ2) is 6.22. The maximum absolute atomic E-state index is 10.6. The minimum atomic E-state index is -0.835. The SMILES string of the molecule is CCCCc1nnc(SCC(=O)O)n1C(C)(C)C. The zero-order valence-electron chi connectivity index (χ0n) is 11.4. The lowest BCUT2D eigenvalue weighted by atomic mass is 10.1. The summed E-state index contributed by atoms with van der Waals surface area (Å²) in [5, 5.41) is 17.7. The van der Waals surface area contributed by atoms with Gasteiger partial charge in [-0.25, -0.2) is 0 Å². The van der Waals surface area contributed by atoms with Crippen molar-refractivity contribution in [2.75, 3.05) is 5.75 Å². The van der Waals surface area contributed by atoms with E-state index >= 15 is 0 Å². The molecule has 5 nitrogen and oxygen atoms in total. The molecule has 6 heteroatoms. The molecule has 1 heterocycles. The number of rotatable bonds is 6. The Morgan fingerprint density at radius 3 is 2.56 bits per heavy atom. The maximum atomic E-state index is 10.6. The molecule has 0 spiro atoms. The van der Waals surface area contributed by atoms with Crippen LogP contribution in [0.5, 0.6) is 0 Å². The molecule has 1 rings (SSSR count). The molecule has 0 saturated carbocycles. The van der Waals surface area contributed by atoms with E-state index in [9.17, 15) is 4.79 Å². The predicted octanol–water partition coefficient (Wildman–Crippen LogP) is 2.55. The van der Waals surface area contributed by atoms with Crippen molar-refractivity contribution in [3.05, 3.63) is 5.82 Å². The van der Waals surface area contributed by atoms with Crippen molar-refractivity contribution in [2.24, 2.45) is 0 Å². The number of thioether (sulfide) groups is 1. The summed E-state index contributed by atoms with van der Waals surface area (Å²) in [5.74, 6) is 0.123. The van der Waals surface area contributed by atoms with Crippen LogP contribution in [0.1, 0.15) is 46.4 Å². The van der Waals surface area contributed by atoms with E-state index in [0.717, 1.165) is 25.1 Å². The van der Waals surface area contributed by atoms with Crippen LogP contribution in [0.3, 0.4) is 0 Å². The van der Waals surface area contributed by atoms with Crippen LogP contribution in [0.4, 0.5) is 0 Å². The van der Waals surface area contributed by atoms with E-state index in [2.05, 4.69) is 42.5 Å². The average molecular weight is 271 g/mol. The van der Waals surface area contributed by atoms with Crippen molar-refractivity contribution >= 4 is 17.7 Å². The van der Waals surface area contributed by atoms with Gasteiger partial charge in [-0.2, -0.15) is 0 Å². The number of aromatic nitrogens is 3. The summed E-state index contributed by atoms with van der Waals surface area (Å²) in [7, 11) is 0. The van der Waals surface area contributed by atoms with Crippen LogP contribution in [0.15, 0.2) is 5.16 Å². The number of carbonyl (C=O) groups is 1. The Bertz CT molecular complexity index is 410. The van der Waals surface area contributed by atoms with Crippen LogP contribution >= 0.6 is 11.8 Å². The molecule has 0 aliphatic rings. The molecule has 0 aliphatic heterocycles. The Labute approximate surface area is 112 Å². The third-order valence-corrected chi connectivity index (χ3v) is 3.36. The molecule has 0 aromatic carbocycles. The van der Waals surface area contributed by atoms with Crippen LogP contribution in [0.25, 0.3) is 0 Å². The highest BCUT2D eigenvalue weighted by Gasteiger charge is 2.23. The number of aliphatic carboxylic acids is 1. The van der Waals surface area contributed by atoms with E-state index in [1.54, 1.807) is 0 Å². The fourth-order valence-corrected chi connectivity index (χ4v) is 2.55. The Balaban J connectivity index is 2.96. The van der Waals surface area contributed by atoms with Crippen LogP contribution in [0.2, 0.25) is 0 Å². The van der Waals surface area contributed by atoms with Gasteiger partial charge >= 0.3 is 5.97 Å². The molecule has 0 unspecified atom stereocenters. The van der Waals surface area contributed by atoms with Crippen LogP contribution in [-0.4, -0.2) is 31.6 Å². The zero-order valence-corrected chi connectivity index (χ0v) is 12.3. The highest BCUT2D eigenvalue weighted by molar-refractivity contribution is 7.99. The van der Waals surface area contributed by atoms with E-state index < -0.39 is 5.97 Å². The smallest absolute Gasteiger partial charge is 0.313 e. The third kappa shape index (κ3) is 4.01. The summed E-state index contributed by atoms with van der Waals surface area (Å²) in [4.78, 5) is 10.6. The Hall–Kier alpha value is -1.04. The Morgan fingerprint density at radius 1 is 1.39 bits per heavy atom. The zero-order chi connectivity index (χ0) is 13.8. The lowest BCUT2D eigenvalue weighted by Gasteiger charge is -2.24. The van der Waals surface area contributed by atoms with Gasteiger partial charge in [0, 0.05) is 12.0 Å². The summed E-state index contributed by atoms with van der Waals surface area (Å²) in [6.45, 7) is 8.38.